The molecule has 12 nitrogen and oxygen atoms in total. The molecule has 49 heavy (non-hydrogen) atoms. The topological polar surface area (TPSA) is 143 Å². The maximum atomic E-state index is 14.2. The Balaban J connectivity index is 1.85. The summed E-state index contributed by atoms with van der Waals surface area (Å²) in [6.07, 6.45) is -2.84. The van der Waals surface area contributed by atoms with Crippen LogP contribution in [-0.2, 0) is 42.7 Å². The molecule has 12 heteroatoms. The van der Waals surface area contributed by atoms with Crippen molar-refractivity contribution < 1.29 is 52.9 Å². The third-order valence-electron chi connectivity index (χ3n) is 11.5. The van der Waals surface area contributed by atoms with E-state index in [1.54, 1.807) is 35.1 Å². The van der Waals surface area contributed by atoms with Gasteiger partial charge in [0, 0.05) is 39.0 Å². The van der Waals surface area contributed by atoms with Crippen molar-refractivity contribution in [3.63, 3.8) is 0 Å². The van der Waals surface area contributed by atoms with Gasteiger partial charge in [-0.3, -0.25) is 4.79 Å². The van der Waals surface area contributed by atoms with Gasteiger partial charge in [0.15, 0.2) is 18.2 Å². The van der Waals surface area contributed by atoms with E-state index >= 15 is 0 Å². The lowest BCUT2D eigenvalue weighted by Crippen LogP contribution is -2.60. The number of hydrogen-bond acceptors (Lipinski definition) is 12. The van der Waals surface area contributed by atoms with Crippen LogP contribution in [-0.4, -0.2) is 116 Å². The standard InChI is InChI=1S/C37H63NO11/c1-14-26-35(8)16-19(2)29(49-35)20(3)17-37(10,43-13)32(48-34-28(39)25(38-11)15-21(4)44-34)22(5)30(23(6)33(41)46-26)47-27-18-36(9,42-12)31(40)24(7)45-27/h16,21-28,30-32,34,38-40H,14-15,17-18H2,1-13H3/b29-20-/t21-,22+,23-,24+,25+,26-,27+,28-,30+,31+,32-,34+,35-,36-,37-/m1/s1. The number of esters is 1. The molecule has 0 aromatic rings. The predicted molar refractivity (Wildman–Crippen MR) is 182 cm³/mol. The number of allylic oxidation sites excluding steroid dienone is 1. The fourth-order valence-corrected chi connectivity index (χ4v) is 8.35. The van der Waals surface area contributed by atoms with Crippen LogP contribution in [0.15, 0.2) is 23.0 Å². The Kier molecular flexibility index (Phi) is 12.7. The molecule has 3 N–H and O–H groups in total. The van der Waals surface area contributed by atoms with Gasteiger partial charge in [-0.25, -0.2) is 0 Å². The monoisotopic (exact) mass is 697 g/mol. The molecule has 282 valence electrons. The van der Waals surface area contributed by atoms with Crippen LogP contribution in [0, 0.1) is 11.8 Å². The average Bonchev–Trinajstić information content (AvgIpc) is 3.38. The second-order valence-corrected chi connectivity index (χ2v) is 15.4. The van der Waals surface area contributed by atoms with Crippen LogP contribution in [0.25, 0.3) is 0 Å². The van der Waals surface area contributed by atoms with Crippen molar-refractivity contribution in [1.29, 1.82) is 0 Å². The number of carbonyl (C=O) groups excluding carboxylic acids is 1. The smallest absolute Gasteiger partial charge is 0.311 e. The number of methoxy groups -OCH3 is 2. The summed E-state index contributed by atoms with van der Waals surface area (Å²) < 4.78 is 51.1. The molecule has 0 spiro atoms. The molecule has 4 heterocycles. The molecule has 0 radical (unpaired) electrons. The number of carbonyl (C=O) groups is 1. The first-order valence-corrected chi connectivity index (χ1v) is 17.9. The molecule has 0 amide bonds. The van der Waals surface area contributed by atoms with Gasteiger partial charge in [0.05, 0.1) is 41.5 Å². The lowest BCUT2D eigenvalue weighted by Gasteiger charge is -2.49. The highest BCUT2D eigenvalue weighted by Crippen LogP contribution is 2.44. The second kappa shape index (κ2) is 15.6. The maximum Gasteiger partial charge on any atom is 0.311 e. The molecular weight excluding hydrogens is 634 g/mol. The number of aliphatic hydroxyl groups excluding tert-OH is 2. The third kappa shape index (κ3) is 8.08. The first-order chi connectivity index (χ1) is 22.9. The summed E-state index contributed by atoms with van der Waals surface area (Å²) in [6, 6.07) is -0.254. The zero-order chi connectivity index (χ0) is 36.6. The molecule has 0 unspecified atom stereocenters. The van der Waals surface area contributed by atoms with Gasteiger partial charge in [-0.05, 0) is 92.5 Å². The Labute approximate surface area is 293 Å². The molecule has 2 fully saturated rings. The van der Waals surface area contributed by atoms with E-state index in [-0.39, 0.29) is 18.6 Å². The molecule has 15 atom stereocenters. The molecule has 4 aliphatic rings. The Morgan fingerprint density at radius 3 is 2.24 bits per heavy atom. The summed E-state index contributed by atoms with van der Waals surface area (Å²) in [5.41, 5.74) is -0.946. The van der Waals surface area contributed by atoms with Crippen molar-refractivity contribution in [2.24, 2.45) is 11.8 Å². The summed E-state index contributed by atoms with van der Waals surface area (Å²) in [4.78, 5) is 14.2. The minimum atomic E-state index is -1.01. The lowest BCUT2D eigenvalue weighted by molar-refractivity contribution is -0.316. The van der Waals surface area contributed by atoms with Crippen LogP contribution in [0.4, 0.5) is 0 Å². The van der Waals surface area contributed by atoms with Crippen LogP contribution >= 0.6 is 0 Å². The SMILES string of the molecule is CC[C@H]1OC(=O)[C@H](C)[C@@H](O[C@H]2C[C@@](C)(OC)[C@@H](O)[C@H](C)O2)[C@H](C)[C@@H](O[C@@H]2O[C@H](C)C[C@H](NC)[C@H]2O)[C@](C)(OC)C/C(C)=C2\O[C@]1(C)C=C2C. The van der Waals surface area contributed by atoms with Crippen molar-refractivity contribution in [2.75, 3.05) is 21.3 Å². The van der Waals surface area contributed by atoms with Crippen LogP contribution < -0.4 is 5.32 Å². The normalized spacial score (nSPS) is 48.5. The quantitative estimate of drug-likeness (QED) is 0.314. The zero-order valence-electron chi connectivity index (χ0n) is 31.9. The van der Waals surface area contributed by atoms with Gasteiger partial charge >= 0.3 is 5.97 Å². The van der Waals surface area contributed by atoms with Gasteiger partial charge in [-0.2, -0.15) is 0 Å². The van der Waals surface area contributed by atoms with E-state index in [2.05, 4.69) is 5.32 Å². The maximum absolute atomic E-state index is 14.2. The summed E-state index contributed by atoms with van der Waals surface area (Å²) in [5, 5.41) is 25.5. The van der Waals surface area contributed by atoms with Gasteiger partial charge in [-0.15, -0.1) is 0 Å². The molecule has 0 saturated carbocycles. The summed E-state index contributed by atoms with van der Waals surface area (Å²) in [7, 11) is 4.99. The Morgan fingerprint density at radius 1 is 1.00 bits per heavy atom. The van der Waals surface area contributed by atoms with E-state index in [1.807, 2.05) is 61.5 Å². The molecule has 0 aromatic carbocycles. The second-order valence-electron chi connectivity index (χ2n) is 15.4. The Hall–Kier alpha value is -1.61. The van der Waals surface area contributed by atoms with E-state index in [1.165, 1.54) is 0 Å². The van der Waals surface area contributed by atoms with Crippen molar-refractivity contribution >= 4 is 5.97 Å². The highest BCUT2D eigenvalue weighted by Gasteiger charge is 2.53. The minimum absolute atomic E-state index is 0.187. The van der Waals surface area contributed by atoms with E-state index in [0.29, 0.717) is 19.3 Å². The van der Waals surface area contributed by atoms with Crippen LogP contribution in [0.5, 0.6) is 0 Å². The van der Waals surface area contributed by atoms with Crippen LogP contribution in [0.1, 0.15) is 94.9 Å². The fourth-order valence-electron chi connectivity index (χ4n) is 8.35. The summed E-state index contributed by atoms with van der Waals surface area (Å²) in [6.45, 7) is 19.2. The Morgan fingerprint density at radius 2 is 1.65 bits per heavy atom. The Bertz CT molecular complexity index is 1230. The third-order valence-corrected chi connectivity index (χ3v) is 11.5. The van der Waals surface area contributed by atoms with E-state index < -0.39 is 83.8 Å². The van der Waals surface area contributed by atoms with Gasteiger partial charge < -0.3 is 53.4 Å². The highest BCUT2D eigenvalue weighted by molar-refractivity contribution is 5.73. The van der Waals surface area contributed by atoms with Gasteiger partial charge in [-0.1, -0.05) is 13.8 Å². The number of cyclic esters (lactones) is 1. The minimum Gasteiger partial charge on any atom is -0.479 e. The molecule has 4 rings (SSSR count). The highest BCUT2D eigenvalue weighted by atomic mass is 16.7. The van der Waals surface area contributed by atoms with Crippen molar-refractivity contribution in [2.45, 2.75) is 173 Å². The first-order valence-electron chi connectivity index (χ1n) is 17.9. The number of nitrogens with one attached hydrogen (secondary N) is 1. The van der Waals surface area contributed by atoms with Crippen molar-refractivity contribution in [1.82, 2.24) is 5.32 Å². The zero-order valence-corrected chi connectivity index (χ0v) is 31.9. The average molecular weight is 698 g/mol. The molecule has 4 aliphatic heterocycles. The first kappa shape index (κ1) is 40.2. The molecule has 0 aliphatic carbocycles. The summed E-state index contributed by atoms with van der Waals surface area (Å²) >= 11 is 0. The molecule has 2 bridgehead atoms. The number of fused-ring (bicyclic) bond motifs is 2. The van der Waals surface area contributed by atoms with Gasteiger partial charge in [0.25, 0.3) is 0 Å². The largest absolute Gasteiger partial charge is 0.479 e. The molecule has 2 saturated heterocycles. The lowest BCUT2D eigenvalue weighted by atomic mass is 9.78. The van der Waals surface area contributed by atoms with Crippen LogP contribution in [0.2, 0.25) is 0 Å². The number of likely N-dealkylation sites (N-methyl/N-ethyl adjacent to an activating group) is 1. The molecule has 0 aromatic heterocycles. The van der Waals surface area contributed by atoms with Crippen LogP contribution in [0.3, 0.4) is 0 Å². The van der Waals surface area contributed by atoms with E-state index in [9.17, 15) is 15.0 Å². The van der Waals surface area contributed by atoms with E-state index in [4.69, 9.17) is 37.9 Å². The number of ether oxygens (including phenoxy) is 8. The number of aliphatic hydroxyl groups is 2. The predicted octanol–water partition coefficient (Wildman–Crippen LogP) is 4.15. The molecular formula is C37H63NO11. The van der Waals surface area contributed by atoms with Gasteiger partial charge in [0.2, 0.25) is 0 Å². The van der Waals surface area contributed by atoms with Crippen molar-refractivity contribution in [3.8, 4) is 0 Å². The number of hydrogen-bond donors (Lipinski definition) is 3. The number of rotatable bonds is 8. The van der Waals surface area contributed by atoms with Crippen molar-refractivity contribution in [3.05, 3.63) is 23.0 Å². The summed E-state index contributed by atoms with van der Waals surface area (Å²) in [5.74, 6) is -1.08. The van der Waals surface area contributed by atoms with Gasteiger partial charge in [0.1, 0.15) is 24.1 Å². The fraction of sp³-hybridized carbons (Fsp3) is 0.865. The van der Waals surface area contributed by atoms with E-state index in [0.717, 1.165) is 16.9 Å².